The molecule has 2 aromatic rings. The van der Waals surface area contributed by atoms with Crippen molar-refractivity contribution < 1.29 is 14.1 Å². The summed E-state index contributed by atoms with van der Waals surface area (Å²) in [5.41, 5.74) is 0. The zero-order valence-electron chi connectivity index (χ0n) is 14.0. The molecular formula is C15H18N6O4. The number of rotatable bonds is 4. The third kappa shape index (κ3) is 3.52. The molecule has 0 bridgehead atoms. The molecule has 1 aliphatic heterocycles. The van der Waals surface area contributed by atoms with Crippen LogP contribution in [0.1, 0.15) is 10.6 Å². The molecule has 1 amide bonds. The molecule has 1 saturated heterocycles. The minimum atomic E-state index is -0.662. The number of amides is 1. The van der Waals surface area contributed by atoms with Gasteiger partial charge in [-0.3, -0.25) is 14.9 Å². The van der Waals surface area contributed by atoms with Crippen LogP contribution in [0.25, 0.3) is 0 Å². The second-order valence-corrected chi connectivity index (χ2v) is 5.82. The first kappa shape index (κ1) is 16.7. The van der Waals surface area contributed by atoms with Crippen molar-refractivity contribution in [1.82, 2.24) is 15.1 Å². The Balaban J connectivity index is 1.61. The average Bonchev–Trinajstić information content (AvgIpc) is 3.12. The van der Waals surface area contributed by atoms with E-state index in [-0.39, 0.29) is 11.7 Å². The van der Waals surface area contributed by atoms with E-state index >= 15 is 0 Å². The number of piperazine rings is 1. The lowest BCUT2D eigenvalue weighted by Gasteiger charge is -2.34. The molecule has 0 atom stereocenters. The highest BCUT2D eigenvalue weighted by molar-refractivity contribution is 5.92. The van der Waals surface area contributed by atoms with E-state index in [0.717, 1.165) is 11.6 Å². The molecule has 3 rings (SSSR count). The molecule has 1 fully saturated rings. The number of nitrogens with zero attached hydrogens (tertiary/aromatic N) is 6. The third-order valence-electron chi connectivity index (χ3n) is 3.97. The van der Waals surface area contributed by atoms with E-state index in [4.69, 9.17) is 4.42 Å². The van der Waals surface area contributed by atoms with Crippen LogP contribution in [0.3, 0.4) is 0 Å². The van der Waals surface area contributed by atoms with Gasteiger partial charge in [-0.25, -0.2) is 0 Å². The zero-order valence-corrected chi connectivity index (χ0v) is 14.0. The van der Waals surface area contributed by atoms with Gasteiger partial charge in [0.2, 0.25) is 0 Å². The predicted molar refractivity (Wildman–Crippen MR) is 89.8 cm³/mol. The van der Waals surface area contributed by atoms with Crippen LogP contribution in [-0.4, -0.2) is 66.2 Å². The Bertz CT molecular complexity index is 765. The molecule has 25 heavy (non-hydrogen) atoms. The lowest BCUT2D eigenvalue weighted by Crippen LogP contribution is -2.49. The molecule has 132 valence electrons. The van der Waals surface area contributed by atoms with E-state index in [0.29, 0.717) is 26.2 Å². The quantitative estimate of drug-likeness (QED) is 0.596. The van der Waals surface area contributed by atoms with Gasteiger partial charge in [0.1, 0.15) is 4.92 Å². The monoisotopic (exact) mass is 346 g/mol. The minimum absolute atomic E-state index is 0.0183. The van der Waals surface area contributed by atoms with E-state index in [1.165, 1.54) is 12.1 Å². The topological polar surface area (TPSA) is 109 Å². The molecule has 10 heteroatoms. The highest BCUT2D eigenvalue weighted by Gasteiger charge is 2.26. The highest BCUT2D eigenvalue weighted by Crippen LogP contribution is 2.19. The van der Waals surface area contributed by atoms with Crippen LogP contribution in [0.5, 0.6) is 0 Å². The molecule has 0 N–H and O–H groups in total. The number of carbonyl (C=O) groups excluding carboxylic acids is 1. The van der Waals surface area contributed by atoms with Gasteiger partial charge in [0.25, 0.3) is 5.91 Å². The van der Waals surface area contributed by atoms with Crippen LogP contribution in [0.2, 0.25) is 0 Å². The second kappa shape index (κ2) is 6.75. The smallest absolute Gasteiger partial charge is 0.395 e. The number of furan rings is 1. The first-order chi connectivity index (χ1) is 12.0. The molecule has 0 aromatic carbocycles. The van der Waals surface area contributed by atoms with Crippen molar-refractivity contribution >= 4 is 23.4 Å². The van der Waals surface area contributed by atoms with Gasteiger partial charge in [0.15, 0.2) is 17.4 Å². The summed E-state index contributed by atoms with van der Waals surface area (Å²) in [6.45, 7) is 2.16. The van der Waals surface area contributed by atoms with Crippen LogP contribution in [0.15, 0.2) is 28.7 Å². The number of carbonyl (C=O) groups is 1. The molecule has 3 heterocycles. The van der Waals surface area contributed by atoms with Gasteiger partial charge in [0.05, 0.1) is 6.07 Å². The van der Waals surface area contributed by atoms with Gasteiger partial charge in [-0.15, -0.1) is 10.2 Å². The van der Waals surface area contributed by atoms with E-state index in [1.54, 1.807) is 4.90 Å². The van der Waals surface area contributed by atoms with Crippen molar-refractivity contribution in [3.8, 4) is 0 Å². The minimum Gasteiger partial charge on any atom is -0.395 e. The van der Waals surface area contributed by atoms with Gasteiger partial charge in [-0.1, -0.05) is 0 Å². The molecule has 0 unspecified atom stereocenters. The van der Waals surface area contributed by atoms with Gasteiger partial charge < -0.3 is 19.1 Å². The lowest BCUT2D eigenvalue weighted by molar-refractivity contribution is -0.402. The van der Waals surface area contributed by atoms with Gasteiger partial charge in [-0.05, 0) is 18.2 Å². The van der Waals surface area contributed by atoms with Gasteiger partial charge in [0, 0.05) is 40.3 Å². The summed E-state index contributed by atoms with van der Waals surface area (Å²) in [7, 11) is 3.79. The van der Waals surface area contributed by atoms with Crippen molar-refractivity contribution in [3.05, 3.63) is 40.1 Å². The maximum atomic E-state index is 12.4. The van der Waals surface area contributed by atoms with Crippen LogP contribution < -0.4 is 9.80 Å². The standard InChI is InChI=1S/C15H18N6O4/c1-18(2)12-4-5-13(17-16-12)19-7-9-20(10-8-19)15(22)11-3-6-14(25-11)21(23)24/h3-6H,7-10H2,1-2H3. The predicted octanol–water partition coefficient (Wildman–Crippen LogP) is 1.01. The Morgan fingerprint density at radius 1 is 1.16 bits per heavy atom. The molecule has 1 aliphatic rings. The Morgan fingerprint density at radius 3 is 2.40 bits per heavy atom. The molecule has 10 nitrogen and oxygen atoms in total. The van der Waals surface area contributed by atoms with Crippen LogP contribution >= 0.6 is 0 Å². The maximum absolute atomic E-state index is 12.4. The van der Waals surface area contributed by atoms with E-state index < -0.39 is 10.8 Å². The fourth-order valence-electron chi connectivity index (χ4n) is 2.56. The van der Waals surface area contributed by atoms with Crippen LogP contribution in [0, 0.1) is 10.1 Å². The van der Waals surface area contributed by atoms with Gasteiger partial charge in [-0.2, -0.15) is 0 Å². The molecule has 0 saturated carbocycles. The zero-order chi connectivity index (χ0) is 18.0. The van der Waals surface area contributed by atoms with Crippen LogP contribution in [-0.2, 0) is 0 Å². The number of aromatic nitrogens is 2. The highest BCUT2D eigenvalue weighted by atomic mass is 16.6. The summed E-state index contributed by atoms with van der Waals surface area (Å²) < 4.78 is 4.98. The normalized spacial score (nSPS) is 14.5. The molecule has 0 radical (unpaired) electrons. The number of nitro groups is 1. The molecule has 2 aromatic heterocycles. The van der Waals surface area contributed by atoms with Crippen molar-refractivity contribution in [3.63, 3.8) is 0 Å². The lowest BCUT2D eigenvalue weighted by atomic mass is 10.3. The summed E-state index contributed by atoms with van der Waals surface area (Å²) in [6, 6.07) is 6.31. The summed E-state index contributed by atoms with van der Waals surface area (Å²) in [5, 5.41) is 19.0. The summed E-state index contributed by atoms with van der Waals surface area (Å²) in [6.07, 6.45) is 0. The first-order valence-corrected chi connectivity index (χ1v) is 7.75. The Kier molecular flexibility index (Phi) is 4.50. The fraction of sp³-hybridized carbons (Fsp3) is 0.400. The number of hydrogen-bond donors (Lipinski definition) is 0. The average molecular weight is 346 g/mol. The van der Waals surface area contributed by atoms with Crippen molar-refractivity contribution in [1.29, 1.82) is 0 Å². The summed E-state index contributed by atoms with van der Waals surface area (Å²) >= 11 is 0. The summed E-state index contributed by atoms with van der Waals surface area (Å²) in [5.74, 6) is 0.735. The molecule has 0 aliphatic carbocycles. The summed E-state index contributed by atoms with van der Waals surface area (Å²) in [4.78, 5) is 27.9. The SMILES string of the molecule is CN(C)c1ccc(N2CCN(C(=O)c3ccc([N+](=O)[O-])o3)CC2)nn1. The second-order valence-electron chi connectivity index (χ2n) is 5.82. The largest absolute Gasteiger partial charge is 0.433 e. The third-order valence-corrected chi connectivity index (χ3v) is 3.97. The number of hydrogen-bond acceptors (Lipinski definition) is 8. The molecular weight excluding hydrogens is 328 g/mol. The van der Waals surface area contributed by atoms with E-state index in [1.807, 2.05) is 36.0 Å². The Hall–Kier alpha value is -3.17. The van der Waals surface area contributed by atoms with E-state index in [2.05, 4.69) is 10.2 Å². The van der Waals surface area contributed by atoms with Crippen molar-refractivity contribution in [2.75, 3.05) is 50.1 Å². The van der Waals surface area contributed by atoms with E-state index in [9.17, 15) is 14.9 Å². The first-order valence-electron chi connectivity index (χ1n) is 7.75. The van der Waals surface area contributed by atoms with Crippen LogP contribution in [0.4, 0.5) is 17.5 Å². The fourth-order valence-corrected chi connectivity index (χ4v) is 2.56. The van der Waals surface area contributed by atoms with Crippen molar-refractivity contribution in [2.45, 2.75) is 0 Å². The Labute approximate surface area is 143 Å². The van der Waals surface area contributed by atoms with Crippen molar-refractivity contribution in [2.24, 2.45) is 0 Å². The van der Waals surface area contributed by atoms with Gasteiger partial charge >= 0.3 is 5.88 Å². The number of anilines is 2. The Morgan fingerprint density at radius 2 is 1.88 bits per heavy atom. The molecule has 0 spiro atoms. The maximum Gasteiger partial charge on any atom is 0.433 e.